The van der Waals surface area contributed by atoms with Crippen molar-refractivity contribution in [3.05, 3.63) is 262 Å². The summed E-state index contributed by atoms with van der Waals surface area (Å²) in [5, 5.41) is 16.7. The maximum absolute atomic E-state index is 12.1. The van der Waals surface area contributed by atoms with Crippen LogP contribution in [0.25, 0.3) is 10.4 Å². The Morgan fingerprint density at radius 3 is 1.08 bits per heavy atom. The van der Waals surface area contributed by atoms with Crippen LogP contribution in [0.15, 0.2) is 217 Å². The fourth-order valence-electron chi connectivity index (χ4n) is 18.2. The van der Waals surface area contributed by atoms with Crippen LogP contribution in [0.2, 0.25) is 0 Å². The average molecular weight is 1670 g/mol. The minimum atomic E-state index is -1.27. The second kappa shape index (κ2) is 43.3. The van der Waals surface area contributed by atoms with Crippen molar-refractivity contribution in [1.29, 1.82) is 0 Å². The maximum Gasteiger partial charge on any atom is 0.185 e. The summed E-state index contributed by atoms with van der Waals surface area (Å²) in [6.45, 7) is 27.5. The molecular weight excluding hydrogens is 1540 g/mol. The number of hydrogen-bond donors (Lipinski definition) is 1. The van der Waals surface area contributed by atoms with Crippen LogP contribution in [0.4, 0.5) is 0 Å². The molecule has 7 fully saturated rings. The fourth-order valence-corrected chi connectivity index (χ4v) is 18.2. The molecule has 6 saturated heterocycles. The van der Waals surface area contributed by atoms with Crippen molar-refractivity contribution >= 4 is 0 Å². The lowest BCUT2D eigenvalue weighted by molar-refractivity contribution is -0.379. The van der Waals surface area contributed by atoms with Crippen LogP contribution in [0.1, 0.15) is 128 Å². The van der Waals surface area contributed by atoms with Crippen LogP contribution in [-0.4, -0.2) is 172 Å². The highest BCUT2D eigenvalue weighted by Gasteiger charge is 2.63. The zero-order valence-electron chi connectivity index (χ0n) is 72.1. The van der Waals surface area contributed by atoms with E-state index in [0.717, 1.165) is 45.4 Å². The zero-order valence-corrected chi connectivity index (χ0v) is 72.1. The van der Waals surface area contributed by atoms with Gasteiger partial charge in [0.1, 0.15) is 67.1 Å². The molecule has 6 heterocycles. The predicted octanol–water partition coefficient (Wildman–Crippen LogP) is 16.9. The lowest BCUT2D eigenvalue weighted by atomic mass is 9.81. The number of aliphatic hydroxyl groups is 1. The van der Waals surface area contributed by atoms with E-state index in [4.69, 9.17) is 90.0 Å². The molecule has 7 aromatic rings. The van der Waals surface area contributed by atoms with Gasteiger partial charge in [0.15, 0.2) is 37.2 Å². The molecular formula is C98H127N3O20. The summed E-state index contributed by atoms with van der Waals surface area (Å²) < 4.78 is 135. The second-order valence-electron chi connectivity index (χ2n) is 34.9. The van der Waals surface area contributed by atoms with Crippen molar-refractivity contribution in [2.24, 2.45) is 58.4 Å². The van der Waals surface area contributed by atoms with Gasteiger partial charge in [0.2, 0.25) is 0 Å². The van der Waals surface area contributed by atoms with Crippen molar-refractivity contribution in [3.63, 3.8) is 0 Å². The highest BCUT2D eigenvalue weighted by atomic mass is 16.8. The minimum Gasteiger partial charge on any atom is -0.388 e. The average Bonchev–Trinajstić information content (AvgIpc) is 1.62. The molecule has 6 aliphatic heterocycles. The van der Waals surface area contributed by atoms with Gasteiger partial charge in [-0.3, -0.25) is 0 Å². The number of benzene rings is 7. The molecule has 0 aromatic heterocycles. The molecule has 0 spiro atoms. The smallest absolute Gasteiger partial charge is 0.185 e. The Morgan fingerprint density at radius 2 is 0.628 bits per heavy atom. The Morgan fingerprint density at radius 1 is 0.314 bits per heavy atom. The Labute approximate surface area is 714 Å². The first-order valence-electron chi connectivity index (χ1n) is 43.9. The van der Waals surface area contributed by atoms with Crippen molar-refractivity contribution < 1.29 is 95.1 Å². The lowest BCUT2D eigenvalue weighted by Crippen LogP contribution is -2.67. The van der Waals surface area contributed by atoms with E-state index in [1.54, 1.807) is 0 Å². The van der Waals surface area contributed by atoms with E-state index in [-0.39, 0.29) is 112 Å². The molecule has 1 saturated carbocycles. The van der Waals surface area contributed by atoms with Gasteiger partial charge >= 0.3 is 0 Å². The van der Waals surface area contributed by atoms with E-state index < -0.39 is 135 Å². The molecule has 1 N–H and O–H groups in total. The predicted molar refractivity (Wildman–Crippen MR) is 453 cm³/mol. The molecule has 121 heavy (non-hydrogen) atoms. The molecule has 1 aliphatic carbocycles. The quantitative estimate of drug-likeness (QED) is 0.0216. The molecule has 31 atom stereocenters. The van der Waals surface area contributed by atoms with Crippen LogP contribution in [-0.2, 0) is 136 Å². The van der Waals surface area contributed by atoms with Gasteiger partial charge < -0.3 is 95.1 Å². The van der Waals surface area contributed by atoms with Gasteiger partial charge in [-0.25, -0.2) is 0 Å². The molecule has 654 valence electrons. The minimum absolute atomic E-state index is 0.000809. The summed E-state index contributed by atoms with van der Waals surface area (Å²) >= 11 is 0. The summed E-state index contributed by atoms with van der Waals surface area (Å²) in [7, 11) is 0. The zero-order chi connectivity index (χ0) is 84.5. The maximum atomic E-state index is 12.1. The third-order valence-electron chi connectivity index (χ3n) is 26.4. The number of hydrogen-bond acceptors (Lipinski definition) is 21. The molecule has 14 unspecified atom stereocenters. The largest absolute Gasteiger partial charge is 0.388 e. The number of ether oxygens (including phenoxy) is 19. The highest BCUT2D eigenvalue weighted by molar-refractivity contribution is 5.20. The first-order chi connectivity index (χ1) is 58.8. The third-order valence-corrected chi connectivity index (χ3v) is 26.4. The van der Waals surface area contributed by atoms with Gasteiger partial charge in [0, 0.05) is 4.91 Å². The van der Waals surface area contributed by atoms with Gasteiger partial charge in [0.05, 0.1) is 109 Å². The Kier molecular flexibility index (Phi) is 32.3. The first kappa shape index (κ1) is 90.3. The number of fused-ring (bicyclic) bond motifs is 1. The molecule has 23 nitrogen and oxygen atoms in total. The summed E-state index contributed by atoms with van der Waals surface area (Å²) in [5.74, 6) is -2.81. The fraction of sp³-hybridized carbons (Fsp3) is 0.571. The van der Waals surface area contributed by atoms with Crippen LogP contribution >= 0.6 is 0 Å². The van der Waals surface area contributed by atoms with Gasteiger partial charge in [-0.15, -0.1) is 0 Å². The highest BCUT2D eigenvalue weighted by Crippen LogP contribution is 2.48. The van der Waals surface area contributed by atoms with E-state index in [2.05, 4.69) is 65.4 Å². The molecule has 0 radical (unpaired) electrons. The van der Waals surface area contributed by atoms with Gasteiger partial charge in [-0.2, -0.15) is 0 Å². The number of azide groups is 1. The standard InChI is InChI=1S/C98H127N3O20/c1-13-76-61(3)66(8)86(117-94-82(102)64(6)60(2)77(112-94)56-103-49-69-35-21-14-22-36-69)97(111-76)118-85-67(9)63(5)78(57-104-50-70-37-23-15-24-38-70)113-95(85)110-59-79-62(4)65(7)84(106-52-72-41-27-17-28-42-72)96(114-79)116-83-68(10)81(100-101-99)93(115-80(83)58-105-51-71-39-25-16-26-40-71)119-90-88(108-54-74-45-31-19-32-46-74)87(107-53-73-43-29-18-30-44-73)89(91-92(90)121-98(11,12)120-91)109-55-75-47-33-20-34-48-75/h14-48,60-68,76-97,102H,13,49-59H2,1-12H3/t60-,61-,62-,63-,64-,65-,66-,67-,68+,76?,77?,78?,79?,80?,81?,82?,83-,84?,85?,86?,87?,88?,89?,90?,91-,92-,93+,94+,95-,96+,97+/m0/s1. The monoisotopic (exact) mass is 1670 g/mol. The summed E-state index contributed by atoms with van der Waals surface area (Å²) in [5.41, 5.74) is 17.7. The van der Waals surface area contributed by atoms with Crippen molar-refractivity contribution in [2.45, 2.75) is 277 Å². The van der Waals surface area contributed by atoms with Crippen molar-refractivity contribution in [2.75, 3.05) is 26.4 Å². The Hall–Kier alpha value is -6.95. The van der Waals surface area contributed by atoms with Crippen LogP contribution in [0, 0.1) is 53.3 Å². The Balaban J connectivity index is 0.768. The summed E-state index contributed by atoms with van der Waals surface area (Å²) in [6.07, 6.45) is -16.2. The number of nitrogens with zero attached hydrogens (tertiary/aromatic N) is 3. The van der Waals surface area contributed by atoms with Gasteiger partial charge in [-0.05, 0) is 118 Å². The number of rotatable bonds is 37. The first-order valence-corrected chi connectivity index (χ1v) is 43.9. The van der Waals surface area contributed by atoms with E-state index >= 15 is 0 Å². The van der Waals surface area contributed by atoms with E-state index in [1.807, 2.05) is 240 Å². The Bertz CT molecular complexity index is 4230. The normalized spacial score (nSPS) is 36.0. The second-order valence-corrected chi connectivity index (χ2v) is 34.9. The molecule has 7 aromatic carbocycles. The lowest BCUT2D eigenvalue weighted by Gasteiger charge is -2.51. The van der Waals surface area contributed by atoms with Crippen LogP contribution in [0.5, 0.6) is 0 Å². The topological polar surface area (TPSA) is 244 Å². The molecule has 23 heteroatoms. The molecule has 0 amide bonds. The number of aliphatic hydroxyl groups excluding tert-OH is 1. The summed E-state index contributed by atoms with van der Waals surface area (Å²) in [4.78, 5) is 3.54. The van der Waals surface area contributed by atoms with Gasteiger partial charge in [0.25, 0.3) is 0 Å². The molecule has 14 rings (SSSR count). The van der Waals surface area contributed by atoms with Crippen molar-refractivity contribution in [3.8, 4) is 0 Å². The molecule has 7 aliphatic rings. The van der Waals surface area contributed by atoms with Crippen LogP contribution in [0.3, 0.4) is 0 Å². The molecule has 0 bridgehead atoms. The van der Waals surface area contributed by atoms with E-state index in [9.17, 15) is 10.6 Å². The van der Waals surface area contributed by atoms with E-state index in [0.29, 0.717) is 19.8 Å². The van der Waals surface area contributed by atoms with E-state index in [1.165, 1.54) is 0 Å². The third kappa shape index (κ3) is 22.8. The van der Waals surface area contributed by atoms with Crippen LogP contribution < -0.4 is 0 Å². The SMILES string of the molecule is CCC1O[C@H](OC2[C@@H](OCC3O[C@H](O[C@@H]4C(COCc5ccccc5)O[C@H](OC5C(OCc6ccccc6)C(OCc6ccccc6)C(OCc6ccccc6)[C@@H]6OC(C)(C)O[C@@H]56)C(N=[N+]=[N-])[C@H]4C)C(OCc4ccccc4)[C@@H](C)[C@@H]3C)OC(COCc3ccccc3)[C@@H](C)[C@@H]2C)C(O[C@H]2OC(COCc3ccccc3)[C@@H](C)[C@H](C)C2O)[C@@H](C)[C@@H]1C. The summed E-state index contributed by atoms with van der Waals surface area (Å²) in [6, 6.07) is 69.0. The van der Waals surface area contributed by atoms with Gasteiger partial charge in [-0.1, -0.05) is 287 Å². The van der Waals surface area contributed by atoms with Crippen molar-refractivity contribution in [1.82, 2.24) is 0 Å².